The van der Waals surface area contributed by atoms with E-state index in [1.54, 1.807) is 6.92 Å². The molecule has 20 heavy (non-hydrogen) atoms. The van der Waals surface area contributed by atoms with Crippen molar-refractivity contribution in [3.8, 4) is 12.3 Å². The van der Waals surface area contributed by atoms with Gasteiger partial charge in [0, 0.05) is 32.8 Å². The van der Waals surface area contributed by atoms with Gasteiger partial charge >= 0.3 is 5.69 Å². The van der Waals surface area contributed by atoms with Gasteiger partial charge in [-0.05, 0) is 6.42 Å². The molecule has 0 saturated carbocycles. The first-order chi connectivity index (χ1) is 9.24. The predicted octanol–water partition coefficient (Wildman–Crippen LogP) is -0.836. The summed E-state index contributed by atoms with van der Waals surface area (Å²) in [5.41, 5.74) is -1.46. The van der Waals surface area contributed by atoms with Crippen molar-refractivity contribution in [1.82, 2.24) is 13.9 Å². The molecule has 0 aliphatic heterocycles. The average molecular weight is 299 g/mol. The molecule has 0 saturated heterocycles. The van der Waals surface area contributed by atoms with E-state index in [0.29, 0.717) is 6.42 Å². The van der Waals surface area contributed by atoms with Crippen LogP contribution in [0.2, 0.25) is 0 Å². The van der Waals surface area contributed by atoms with E-state index >= 15 is 0 Å². The van der Waals surface area contributed by atoms with Gasteiger partial charge in [0.2, 0.25) is 10.0 Å². The summed E-state index contributed by atoms with van der Waals surface area (Å²) in [5, 5.41) is 0. The van der Waals surface area contributed by atoms with Crippen LogP contribution in [0.5, 0.6) is 0 Å². The van der Waals surface area contributed by atoms with E-state index in [2.05, 4.69) is 10.6 Å². The quantitative estimate of drug-likeness (QED) is 0.718. The first-order valence-corrected chi connectivity index (χ1v) is 7.45. The second-order valence-electron chi connectivity index (χ2n) is 4.39. The SMILES string of the molecule is C#CCC(CC)NS(=O)(=O)c1cn(C)c(=O)n(C)c1=O. The van der Waals surface area contributed by atoms with E-state index in [4.69, 9.17) is 6.42 Å². The minimum atomic E-state index is -4.02. The molecule has 1 rings (SSSR count). The van der Waals surface area contributed by atoms with Crippen LogP contribution in [0.15, 0.2) is 20.7 Å². The van der Waals surface area contributed by atoms with E-state index < -0.39 is 32.2 Å². The van der Waals surface area contributed by atoms with E-state index in [9.17, 15) is 18.0 Å². The number of nitrogens with zero attached hydrogens (tertiary/aromatic N) is 2. The lowest BCUT2D eigenvalue weighted by molar-refractivity contribution is 0.537. The molecule has 0 spiro atoms. The molecule has 1 heterocycles. The van der Waals surface area contributed by atoms with Crippen molar-refractivity contribution in [3.63, 3.8) is 0 Å². The van der Waals surface area contributed by atoms with Gasteiger partial charge in [0.1, 0.15) is 0 Å². The van der Waals surface area contributed by atoms with Crippen molar-refractivity contribution >= 4 is 10.0 Å². The zero-order valence-electron chi connectivity index (χ0n) is 11.6. The third-order valence-electron chi connectivity index (χ3n) is 2.88. The maximum Gasteiger partial charge on any atom is 0.330 e. The Morgan fingerprint density at radius 1 is 1.40 bits per heavy atom. The molecule has 0 fully saturated rings. The van der Waals surface area contributed by atoms with Crippen LogP contribution >= 0.6 is 0 Å². The Bertz CT molecular complexity index is 752. The lowest BCUT2D eigenvalue weighted by Gasteiger charge is -2.15. The standard InChI is InChI=1S/C12H17N3O4S/c1-5-7-9(6-2)13-20(18,19)10-8-14(3)12(17)15(4)11(10)16/h1,8-9,13H,6-7H2,2-4H3. The minimum absolute atomic E-state index is 0.224. The van der Waals surface area contributed by atoms with Crippen molar-refractivity contribution < 1.29 is 8.42 Å². The molecule has 7 nitrogen and oxygen atoms in total. The van der Waals surface area contributed by atoms with Crippen molar-refractivity contribution in [2.45, 2.75) is 30.7 Å². The Hall–Kier alpha value is -1.85. The van der Waals surface area contributed by atoms with Crippen LogP contribution < -0.4 is 16.0 Å². The van der Waals surface area contributed by atoms with E-state index in [-0.39, 0.29) is 6.42 Å². The van der Waals surface area contributed by atoms with Crippen LogP contribution in [0.3, 0.4) is 0 Å². The highest BCUT2D eigenvalue weighted by molar-refractivity contribution is 7.89. The molecule has 110 valence electrons. The fraction of sp³-hybridized carbons (Fsp3) is 0.500. The molecule has 0 bridgehead atoms. The number of hydrogen-bond donors (Lipinski definition) is 1. The molecule has 0 amide bonds. The molecule has 0 aliphatic rings. The number of rotatable bonds is 5. The van der Waals surface area contributed by atoms with Crippen LogP contribution in [0, 0.1) is 12.3 Å². The van der Waals surface area contributed by atoms with Gasteiger partial charge in [-0.25, -0.2) is 17.9 Å². The molecular formula is C12H17N3O4S. The normalized spacial score (nSPS) is 12.9. The topological polar surface area (TPSA) is 90.2 Å². The Balaban J connectivity index is 3.35. The summed E-state index contributed by atoms with van der Waals surface area (Å²) in [6.45, 7) is 1.78. The summed E-state index contributed by atoms with van der Waals surface area (Å²) in [4.78, 5) is 23.0. The maximum absolute atomic E-state index is 12.2. The maximum atomic E-state index is 12.2. The highest BCUT2D eigenvalue weighted by Gasteiger charge is 2.23. The lowest BCUT2D eigenvalue weighted by Crippen LogP contribution is -2.43. The van der Waals surface area contributed by atoms with Gasteiger partial charge in [-0.15, -0.1) is 12.3 Å². The Morgan fingerprint density at radius 2 is 2.00 bits per heavy atom. The van der Waals surface area contributed by atoms with Gasteiger partial charge in [0.25, 0.3) is 5.56 Å². The summed E-state index contributed by atoms with van der Waals surface area (Å²) in [6.07, 6.45) is 6.89. The van der Waals surface area contributed by atoms with Gasteiger partial charge in [-0.2, -0.15) is 0 Å². The van der Waals surface area contributed by atoms with Gasteiger partial charge in [0.05, 0.1) is 0 Å². The number of terminal acetylenes is 1. The Kier molecular flexibility index (Phi) is 4.92. The molecule has 1 atom stereocenters. The fourth-order valence-corrected chi connectivity index (χ4v) is 3.13. The summed E-state index contributed by atoms with van der Waals surface area (Å²) >= 11 is 0. The van der Waals surface area contributed by atoms with Gasteiger partial charge in [-0.3, -0.25) is 9.36 Å². The Morgan fingerprint density at radius 3 is 2.50 bits per heavy atom. The Labute approximate surface area is 117 Å². The van der Waals surface area contributed by atoms with Gasteiger partial charge < -0.3 is 4.57 Å². The smallest absolute Gasteiger partial charge is 0.302 e. The largest absolute Gasteiger partial charge is 0.330 e. The first kappa shape index (κ1) is 16.2. The second kappa shape index (κ2) is 6.07. The van der Waals surface area contributed by atoms with Crippen LogP contribution in [-0.2, 0) is 24.1 Å². The first-order valence-electron chi connectivity index (χ1n) is 5.97. The van der Waals surface area contributed by atoms with Crippen LogP contribution in [0.4, 0.5) is 0 Å². The van der Waals surface area contributed by atoms with Crippen molar-refractivity contribution in [1.29, 1.82) is 0 Å². The van der Waals surface area contributed by atoms with Gasteiger partial charge in [-0.1, -0.05) is 6.92 Å². The number of nitrogens with one attached hydrogen (secondary N) is 1. The summed E-state index contributed by atoms with van der Waals surface area (Å²) < 4.78 is 28.6. The molecule has 0 radical (unpaired) electrons. The number of hydrogen-bond acceptors (Lipinski definition) is 4. The van der Waals surface area contributed by atoms with E-state index in [1.807, 2.05) is 0 Å². The van der Waals surface area contributed by atoms with Gasteiger partial charge in [0.15, 0.2) is 4.90 Å². The number of aromatic nitrogens is 2. The third-order valence-corrected chi connectivity index (χ3v) is 4.39. The third kappa shape index (κ3) is 3.18. The summed E-state index contributed by atoms with van der Waals surface area (Å²) in [6, 6.07) is -0.452. The molecular weight excluding hydrogens is 282 g/mol. The minimum Gasteiger partial charge on any atom is -0.302 e. The van der Waals surface area contributed by atoms with Crippen molar-refractivity contribution in [2.24, 2.45) is 14.1 Å². The highest BCUT2D eigenvalue weighted by Crippen LogP contribution is 2.05. The molecule has 0 aromatic carbocycles. The van der Waals surface area contributed by atoms with Crippen LogP contribution in [-0.4, -0.2) is 23.6 Å². The molecule has 1 unspecified atom stereocenters. The van der Waals surface area contributed by atoms with Crippen molar-refractivity contribution in [2.75, 3.05) is 0 Å². The van der Waals surface area contributed by atoms with Crippen molar-refractivity contribution in [3.05, 3.63) is 27.0 Å². The fourth-order valence-electron chi connectivity index (χ4n) is 1.65. The zero-order chi connectivity index (χ0) is 15.5. The monoisotopic (exact) mass is 299 g/mol. The second-order valence-corrected chi connectivity index (χ2v) is 6.07. The average Bonchev–Trinajstić information content (AvgIpc) is 2.39. The molecule has 1 N–H and O–H groups in total. The molecule has 8 heteroatoms. The molecule has 1 aromatic rings. The molecule has 0 aliphatic carbocycles. The number of aryl methyl sites for hydroxylation is 1. The zero-order valence-corrected chi connectivity index (χ0v) is 12.4. The van der Waals surface area contributed by atoms with Crippen LogP contribution in [0.1, 0.15) is 19.8 Å². The highest BCUT2D eigenvalue weighted by atomic mass is 32.2. The van der Waals surface area contributed by atoms with E-state index in [0.717, 1.165) is 15.3 Å². The van der Waals surface area contributed by atoms with Crippen LogP contribution in [0.25, 0.3) is 0 Å². The summed E-state index contributed by atoms with van der Waals surface area (Å²) in [5.74, 6) is 2.37. The number of sulfonamides is 1. The van der Waals surface area contributed by atoms with E-state index in [1.165, 1.54) is 14.1 Å². The summed E-state index contributed by atoms with van der Waals surface area (Å²) in [7, 11) is -1.43. The lowest BCUT2D eigenvalue weighted by atomic mass is 10.2. The molecule has 1 aromatic heterocycles. The predicted molar refractivity (Wildman–Crippen MR) is 74.8 cm³/mol.